The van der Waals surface area contributed by atoms with E-state index in [0.29, 0.717) is 39.6 Å². The van der Waals surface area contributed by atoms with Gasteiger partial charge >= 0.3 is 12.2 Å². The molecule has 2 unspecified atom stereocenters. The number of urea groups is 1. The predicted molar refractivity (Wildman–Crippen MR) is 178 cm³/mol. The number of amides is 3. The van der Waals surface area contributed by atoms with Crippen molar-refractivity contribution in [3.05, 3.63) is 72.3 Å². The van der Waals surface area contributed by atoms with E-state index >= 15 is 0 Å². The van der Waals surface area contributed by atoms with Crippen LogP contribution < -0.4 is 29.7 Å². The Hall–Kier alpha value is -4.45. The van der Waals surface area contributed by atoms with Crippen molar-refractivity contribution in [3.63, 3.8) is 0 Å². The van der Waals surface area contributed by atoms with Crippen molar-refractivity contribution in [2.45, 2.75) is 82.8 Å². The SMILES string of the molecule is CCC(CC)NC(=O)Nc1ccc(Oc2ccc(N(CC(F)(F)F)C(=O)c3ccc(OC45CCCC(CC4)N5C)cc3)cc2)c(OC)c1. The summed E-state index contributed by atoms with van der Waals surface area (Å²) in [6, 6.07) is 17.1. The summed E-state index contributed by atoms with van der Waals surface area (Å²) in [5.41, 5.74) is 0.275. The van der Waals surface area contributed by atoms with E-state index in [2.05, 4.69) is 22.6 Å². The molecule has 0 aliphatic carbocycles. The number of halogens is 3. The number of carbonyl (C=O) groups excluding carboxylic acids is 2. The van der Waals surface area contributed by atoms with Gasteiger partial charge in [-0.05, 0) is 99.8 Å². The zero-order valence-corrected chi connectivity index (χ0v) is 27.7. The number of benzene rings is 3. The first-order chi connectivity index (χ1) is 22.9. The van der Waals surface area contributed by atoms with Gasteiger partial charge < -0.3 is 24.8 Å². The van der Waals surface area contributed by atoms with E-state index in [1.54, 1.807) is 30.3 Å². The molecule has 2 heterocycles. The topological polar surface area (TPSA) is 92.4 Å². The second-order valence-electron chi connectivity index (χ2n) is 12.3. The highest BCUT2D eigenvalue weighted by molar-refractivity contribution is 6.06. The van der Waals surface area contributed by atoms with Gasteiger partial charge in [0.1, 0.15) is 18.0 Å². The minimum absolute atomic E-state index is 0.0553. The molecule has 48 heavy (non-hydrogen) atoms. The number of nitrogens with zero attached hydrogens (tertiary/aromatic N) is 2. The van der Waals surface area contributed by atoms with Crippen molar-refractivity contribution in [2.75, 3.05) is 30.9 Å². The molecule has 3 aromatic carbocycles. The number of piperidine rings is 1. The highest BCUT2D eigenvalue weighted by atomic mass is 19.4. The quantitative estimate of drug-likeness (QED) is 0.202. The number of carbonyl (C=O) groups is 2. The summed E-state index contributed by atoms with van der Waals surface area (Å²) >= 11 is 0. The second-order valence-corrected chi connectivity index (χ2v) is 12.3. The number of hydrogen-bond donors (Lipinski definition) is 2. The van der Waals surface area contributed by atoms with E-state index in [0.717, 1.165) is 44.9 Å². The molecule has 12 heteroatoms. The van der Waals surface area contributed by atoms with E-state index in [9.17, 15) is 22.8 Å². The van der Waals surface area contributed by atoms with Crippen LogP contribution >= 0.6 is 0 Å². The van der Waals surface area contributed by atoms with E-state index < -0.39 is 18.6 Å². The van der Waals surface area contributed by atoms with Gasteiger partial charge in [-0.25, -0.2) is 4.79 Å². The Balaban J connectivity index is 1.27. The number of anilines is 2. The van der Waals surface area contributed by atoms with Gasteiger partial charge in [0.25, 0.3) is 5.91 Å². The fourth-order valence-corrected chi connectivity index (χ4v) is 6.52. The molecule has 2 saturated heterocycles. The largest absolute Gasteiger partial charge is 0.493 e. The van der Waals surface area contributed by atoms with Gasteiger partial charge in [0.05, 0.1) is 7.11 Å². The molecule has 9 nitrogen and oxygen atoms in total. The number of methoxy groups -OCH3 is 1. The van der Waals surface area contributed by atoms with E-state index in [1.165, 1.54) is 43.5 Å². The molecule has 2 bridgehead atoms. The monoisotopic (exact) mass is 668 g/mol. The average Bonchev–Trinajstić information content (AvgIpc) is 3.22. The molecule has 0 aromatic heterocycles. The molecule has 5 rings (SSSR count). The smallest absolute Gasteiger partial charge is 0.406 e. The second kappa shape index (κ2) is 14.8. The van der Waals surface area contributed by atoms with E-state index in [-0.39, 0.29) is 29.0 Å². The summed E-state index contributed by atoms with van der Waals surface area (Å²) in [7, 11) is 3.53. The normalized spacial score (nSPS) is 19.1. The third kappa shape index (κ3) is 8.15. The number of fused-ring (bicyclic) bond motifs is 2. The van der Waals surface area contributed by atoms with Crippen LogP contribution in [0, 0.1) is 0 Å². The van der Waals surface area contributed by atoms with Gasteiger partial charge in [-0.3, -0.25) is 14.6 Å². The predicted octanol–water partition coefficient (Wildman–Crippen LogP) is 8.36. The summed E-state index contributed by atoms with van der Waals surface area (Å²) in [5, 5.41) is 5.67. The molecule has 2 aliphatic rings. The maximum absolute atomic E-state index is 13.7. The van der Waals surface area contributed by atoms with E-state index in [4.69, 9.17) is 14.2 Å². The lowest BCUT2D eigenvalue weighted by Crippen LogP contribution is -2.51. The summed E-state index contributed by atoms with van der Waals surface area (Å²) in [5.74, 6) is 0.761. The highest BCUT2D eigenvalue weighted by Gasteiger charge is 2.48. The Morgan fingerprint density at radius 2 is 1.65 bits per heavy atom. The third-order valence-electron chi connectivity index (χ3n) is 9.27. The first kappa shape index (κ1) is 34.9. The van der Waals surface area contributed by atoms with Crippen molar-refractivity contribution in [1.82, 2.24) is 10.2 Å². The van der Waals surface area contributed by atoms with Crippen LogP contribution in [-0.4, -0.2) is 61.5 Å². The third-order valence-corrected chi connectivity index (χ3v) is 9.27. The first-order valence-electron chi connectivity index (χ1n) is 16.4. The van der Waals surface area contributed by atoms with Crippen LogP contribution in [0.2, 0.25) is 0 Å². The summed E-state index contributed by atoms with van der Waals surface area (Å²) in [6.07, 6.45) is 2.11. The van der Waals surface area contributed by atoms with Crippen LogP contribution in [0.5, 0.6) is 23.0 Å². The molecule has 0 saturated carbocycles. The van der Waals surface area contributed by atoms with Crippen LogP contribution in [0.25, 0.3) is 0 Å². The Morgan fingerprint density at radius 1 is 0.958 bits per heavy atom. The minimum Gasteiger partial charge on any atom is -0.493 e. The lowest BCUT2D eigenvalue weighted by atomic mass is 10.0. The van der Waals surface area contributed by atoms with Crippen LogP contribution in [0.4, 0.5) is 29.3 Å². The van der Waals surface area contributed by atoms with Crippen LogP contribution in [0.15, 0.2) is 66.7 Å². The van der Waals surface area contributed by atoms with Gasteiger partial charge in [-0.15, -0.1) is 0 Å². The van der Waals surface area contributed by atoms with Crippen molar-refractivity contribution in [2.24, 2.45) is 0 Å². The molecule has 2 atom stereocenters. The zero-order valence-electron chi connectivity index (χ0n) is 27.7. The number of hydrogen-bond acceptors (Lipinski definition) is 6. The Kier molecular flexibility index (Phi) is 10.7. The fraction of sp³-hybridized carbons (Fsp3) is 0.444. The lowest BCUT2D eigenvalue weighted by Gasteiger charge is -2.42. The van der Waals surface area contributed by atoms with Gasteiger partial charge in [0.2, 0.25) is 0 Å². The molecule has 2 aliphatic heterocycles. The fourth-order valence-electron chi connectivity index (χ4n) is 6.52. The number of alkyl halides is 3. The minimum atomic E-state index is -4.63. The molecule has 0 radical (unpaired) electrons. The Labute approximate surface area is 279 Å². The maximum Gasteiger partial charge on any atom is 0.406 e. The summed E-state index contributed by atoms with van der Waals surface area (Å²) in [6.45, 7) is 2.53. The van der Waals surface area contributed by atoms with Gasteiger partial charge in [-0.2, -0.15) is 13.2 Å². The highest BCUT2D eigenvalue weighted by Crippen LogP contribution is 2.44. The molecule has 258 valence electrons. The van der Waals surface area contributed by atoms with Crippen molar-refractivity contribution in [1.29, 1.82) is 0 Å². The molecular weight excluding hydrogens is 625 g/mol. The zero-order chi connectivity index (χ0) is 34.5. The molecule has 3 amide bonds. The molecule has 0 spiro atoms. The van der Waals surface area contributed by atoms with Crippen LogP contribution in [0.1, 0.15) is 69.2 Å². The van der Waals surface area contributed by atoms with Crippen molar-refractivity contribution < 1.29 is 37.0 Å². The lowest BCUT2D eigenvalue weighted by molar-refractivity contribution is -0.118. The van der Waals surface area contributed by atoms with Crippen LogP contribution in [-0.2, 0) is 0 Å². The number of rotatable bonds is 12. The van der Waals surface area contributed by atoms with Crippen molar-refractivity contribution in [3.8, 4) is 23.0 Å². The van der Waals surface area contributed by atoms with Gasteiger partial charge in [-0.1, -0.05) is 13.8 Å². The average molecular weight is 669 g/mol. The van der Waals surface area contributed by atoms with E-state index in [1.807, 2.05) is 13.8 Å². The molecule has 2 fully saturated rings. The maximum atomic E-state index is 13.7. The molecule has 2 N–H and O–H groups in total. The standard InChI is InChI=1S/C36H43F3N4O5/c1-5-25(6-2)40-34(45)41-26-11-18-31(32(22-26)46-4)47-29-16-12-28(13-17-29)43(23-36(37,38)39)33(44)24-9-14-30(15-10-24)48-35-20-7-8-27(19-21-35)42(35)3/h9-18,22,25,27H,5-8,19-21,23H2,1-4H3,(H2,40,41,45). The molecular formula is C36H43F3N4O5. The summed E-state index contributed by atoms with van der Waals surface area (Å²) in [4.78, 5) is 28.8. The Morgan fingerprint density at radius 3 is 2.29 bits per heavy atom. The van der Waals surface area contributed by atoms with Crippen molar-refractivity contribution >= 4 is 23.3 Å². The Bertz CT molecular complexity index is 1560. The number of nitrogens with one attached hydrogen (secondary N) is 2. The van der Waals surface area contributed by atoms with Gasteiger partial charge in [0, 0.05) is 47.9 Å². The first-order valence-corrected chi connectivity index (χ1v) is 16.4. The number of ether oxygens (including phenoxy) is 3. The summed E-state index contributed by atoms with van der Waals surface area (Å²) < 4.78 is 58.9. The molecule has 3 aromatic rings. The van der Waals surface area contributed by atoms with Crippen LogP contribution in [0.3, 0.4) is 0 Å². The van der Waals surface area contributed by atoms with Gasteiger partial charge in [0.15, 0.2) is 17.2 Å².